The molecule has 27 heavy (non-hydrogen) atoms. The van der Waals surface area contributed by atoms with Crippen LogP contribution in [0, 0.1) is 40.4 Å². The van der Waals surface area contributed by atoms with Gasteiger partial charge in [0.25, 0.3) is 0 Å². The molecule has 0 saturated heterocycles. The van der Waals surface area contributed by atoms with E-state index in [1.54, 1.807) is 7.11 Å². The molecule has 154 valence electrons. The van der Waals surface area contributed by atoms with E-state index in [4.69, 9.17) is 21.1 Å². The van der Waals surface area contributed by atoms with Crippen LogP contribution >= 0.6 is 11.6 Å². The number of Topliss-reactive ketones (excluding diaryl/α,β-unsaturated/α-hetero) is 1. The zero-order valence-corrected chi connectivity index (χ0v) is 18.1. The molecular formula is C23H37ClO3. The van der Waals surface area contributed by atoms with Gasteiger partial charge in [-0.05, 0) is 99.7 Å². The van der Waals surface area contributed by atoms with Gasteiger partial charge in [0.05, 0.1) is 6.10 Å². The molecule has 4 fully saturated rings. The van der Waals surface area contributed by atoms with Crippen molar-refractivity contribution < 1.29 is 14.3 Å². The van der Waals surface area contributed by atoms with Crippen molar-refractivity contribution >= 4 is 17.4 Å². The highest BCUT2D eigenvalue weighted by molar-refractivity contribution is 6.18. The van der Waals surface area contributed by atoms with Crippen molar-refractivity contribution in [3.63, 3.8) is 0 Å². The summed E-state index contributed by atoms with van der Waals surface area (Å²) in [5.74, 6) is 4.36. The molecular weight excluding hydrogens is 360 g/mol. The standard InChI is InChI=1S/C23H37ClO3/c1-15(25)23-11-9-20-19(21(23)7-5-17(23)13-24)6-4-16-12-18(27-14-26-3)8-10-22(16,20)2/h16-21H,4-14H2,1-3H3/t16-,17+,18+,19+,20-,21-,22-,23-/m0/s1. The lowest BCUT2D eigenvalue weighted by atomic mass is 9.44. The fourth-order valence-corrected chi connectivity index (χ4v) is 8.69. The number of carbonyl (C=O) groups is 1. The van der Waals surface area contributed by atoms with Crippen LogP contribution in [0.25, 0.3) is 0 Å². The van der Waals surface area contributed by atoms with Gasteiger partial charge in [-0.15, -0.1) is 11.6 Å². The highest BCUT2D eigenvalue weighted by Gasteiger charge is 2.63. The number of halogens is 1. The largest absolute Gasteiger partial charge is 0.359 e. The third-order valence-electron chi connectivity index (χ3n) is 9.56. The van der Waals surface area contributed by atoms with Crippen molar-refractivity contribution in [2.75, 3.05) is 19.8 Å². The Balaban J connectivity index is 1.55. The van der Waals surface area contributed by atoms with Crippen molar-refractivity contribution in [3.8, 4) is 0 Å². The van der Waals surface area contributed by atoms with Gasteiger partial charge in [-0.3, -0.25) is 4.79 Å². The van der Waals surface area contributed by atoms with Gasteiger partial charge in [0.2, 0.25) is 0 Å². The van der Waals surface area contributed by atoms with Crippen LogP contribution in [0.1, 0.15) is 71.6 Å². The number of ether oxygens (including phenoxy) is 2. The van der Waals surface area contributed by atoms with E-state index >= 15 is 0 Å². The molecule has 0 spiro atoms. The van der Waals surface area contributed by atoms with Gasteiger partial charge in [-0.25, -0.2) is 0 Å². The molecule has 8 atom stereocenters. The van der Waals surface area contributed by atoms with Gasteiger partial charge in [0, 0.05) is 18.4 Å². The topological polar surface area (TPSA) is 35.5 Å². The van der Waals surface area contributed by atoms with Crippen molar-refractivity contribution in [1.82, 2.24) is 0 Å². The maximum atomic E-state index is 12.9. The van der Waals surface area contributed by atoms with Crippen LogP contribution in [0.15, 0.2) is 0 Å². The second-order valence-electron chi connectivity index (χ2n) is 10.2. The number of alkyl halides is 1. The van der Waals surface area contributed by atoms with E-state index in [-0.39, 0.29) is 5.41 Å². The van der Waals surface area contributed by atoms with E-state index in [2.05, 4.69) is 6.92 Å². The number of carbonyl (C=O) groups excluding carboxylic acids is 1. The molecule has 0 aromatic carbocycles. The third-order valence-corrected chi connectivity index (χ3v) is 9.94. The summed E-state index contributed by atoms with van der Waals surface area (Å²) < 4.78 is 11.1. The minimum atomic E-state index is -0.106. The van der Waals surface area contributed by atoms with Crippen molar-refractivity contribution in [2.24, 2.45) is 40.4 Å². The minimum absolute atomic E-state index is 0.106. The zero-order chi connectivity index (χ0) is 19.2. The van der Waals surface area contributed by atoms with Crippen LogP contribution in [-0.2, 0) is 14.3 Å². The monoisotopic (exact) mass is 396 g/mol. The molecule has 0 bridgehead atoms. The van der Waals surface area contributed by atoms with E-state index < -0.39 is 0 Å². The van der Waals surface area contributed by atoms with E-state index in [9.17, 15) is 4.79 Å². The predicted octanol–water partition coefficient (Wildman–Crippen LogP) is 5.44. The fraction of sp³-hybridized carbons (Fsp3) is 0.957. The molecule has 0 unspecified atom stereocenters. The fourth-order valence-electron chi connectivity index (χ4n) is 8.26. The summed E-state index contributed by atoms with van der Waals surface area (Å²) in [4.78, 5) is 12.9. The van der Waals surface area contributed by atoms with E-state index in [0.29, 0.717) is 41.8 Å². The van der Waals surface area contributed by atoms with E-state index in [0.717, 1.165) is 37.0 Å². The van der Waals surface area contributed by atoms with Crippen LogP contribution in [-0.4, -0.2) is 31.7 Å². The number of hydrogen-bond acceptors (Lipinski definition) is 3. The van der Waals surface area contributed by atoms with Gasteiger partial charge in [-0.2, -0.15) is 0 Å². The molecule has 0 radical (unpaired) electrons. The zero-order valence-electron chi connectivity index (χ0n) is 17.3. The number of methoxy groups -OCH3 is 1. The highest BCUT2D eigenvalue weighted by atomic mass is 35.5. The van der Waals surface area contributed by atoms with Gasteiger partial charge in [0.15, 0.2) is 0 Å². The van der Waals surface area contributed by atoms with Gasteiger partial charge < -0.3 is 9.47 Å². The lowest BCUT2D eigenvalue weighted by Gasteiger charge is -2.61. The van der Waals surface area contributed by atoms with E-state index in [1.807, 2.05) is 6.92 Å². The first-order valence-electron chi connectivity index (χ1n) is 11.1. The Bertz CT molecular complexity index is 566. The first kappa shape index (κ1) is 20.2. The maximum absolute atomic E-state index is 12.9. The molecule has 4 aliphatic rings. The number of rotatable bonds is 5. The summed E-state index contributed by atoms with van der Waals surface area (Å²) in [7, 11) is 1.71. The van der Waals surface area contributed by atoms with Gasteiger partial charge in [-0.1, -0.05) is 6.92 Å². The van der Waals surface area contributed by atoms with Gasteiger partial charge >= 0.3 is 0 Å². The molecule has 4 heteroatoms. The van der Waals surface area contributed by atoms with Gasteiger partial charge in [0.1, 0.15) is 12.6 Å². The van der Waals surface area contributed by atoms with Crippen molar-refractivity contribution in [3.05, 3.63) is 0 Å². The summed E-state index contributed by atoms with van der Waals surface area (Å²) in [5.41, 5.74) is 0.322. The molecule has 4 rings (SSSR count). The van der Waals surface area contributed by atoms with Crippen LogP contribution in [0.3, 0.4) is 0 Å². The average Bonchev–Trinajstić information content (AvgIpc) is 3.06. The Morgan fingerprint density at radius 2 is 1.89 bits per heavy atom. The Kier molecular flexibility index (Phi) is 5.68. The molecule has 0 aromatic heterocycles. The van der Waals surface area contributed by atoms with E-state index in [1.165, 1.54) is 38.5 Å². The Morgan fingerprint density at radius 3 is 2.59 bits per heavy atom. The molecule has 0 heterocycles. The molecule has 4 aliphatic carbocycles. The Hall–Kier alpha value is -0.120. The summed E-state index contributed by atoms with van der Waals surface area (Å²) >= 11 is 6.36. The van der Waals surface area contributed by atoms with Crippen molar-refractivity contribution in [2.45, 2.75) is 77.7 Å². The lowest BCUT2D eigenvalue weighted by Crippen LogP contribution is -2.56. The van der Waals surface area contributed by atoms with Crippen LogP contribution in [0.5, 0.6) is 0 Å². The molecule has 0 N–H and O–H groups in total. The SMILES string of the molecule is COCO[C@@H]1CC[C@@]2(C)[C@@H](CC[C@@H]3[C@@H]2CC[C@]2(C(C)=O)[C@@H](CCl)CC[C@@H]32)C1. The Morgan fingerprint density at radius 1 is 1.07 bits per heavy atom. The summed E-state index contributed by atoms with van der Waals surface area (Å²) in [5, 5.41) is 0. The molecule has 0 aliphatic heterocycles. The van der Waals surface area contributed by atoms with Crippen LogP contribution < -0.4 is 0 Å². The molecule has 3 nitrogen and oxygen atoms in total. The number of ketones is 1. The first-order chi connectivity index (χ1) is 13.0. The number of hydrogen-bond donors (Lipinski definition) is 0. The summed E-state index contributed by atoms with van der Waals surface area (Å²) in [6, 6.07) is 0. The lowest BCUT2D eigenvalue weighted by molar-refractivity contribution is -0.161. The second kappa shape index (κ2) is 7.61. The first-order valence-corrected chi connectivity index (χ1v) is 11.7. The summed E-state index contributed by atoms with van der Waals surface area (Å²) in [6.45, 7) is 4.84. The van der Waals surface area contributed by atoms with Crippen LogP contribution in [0.4, 0.5) is 0 Å². The predicted molar refractivity (Wildman–Crippen MR) is 108 cm³/mol. The third kappa shape index (κ3) is 3.02. The minimum Gasteiger partial charge on any atom is -0.359 e. The average molecular weight is 397 g/mol. The summed E-state index contributed by atoms with van der Waals surface area (Å²) in [6.07, 6.45) is 11.3. The molecule has 0 aromatic rings. The van der Waals surface area contributed by atoms with Crippen LogP contribution in [0.2, 0.25) is 0 Å². The maximum Gasteiger partial charge on any atom is 0.146 e. The molecule has 4 saturated carbocycles. The highest BCUT2D eigenvalue weighted by Crippen LogP contribution is 2.67. The smallest absolute Gasteiger partial charge is 0.146 e. The quantitative estimate of drug-likeness (QED) is 0.458. The molecule has 0 amide bonds. The Labute approximate surface area is 169 Å². The normalized spacial score (nSPS) is 49.2. The number of fused-ring (bicyclic) bond motifs is 5. The second-order valence-corrected chi connectivity index (χ2v) is 10.5. The van der Waals surface area contributed by atoms with Crippen molar-refractivity contribution in [1.29, 1.82) is 0 Å².